The Balaban J connectivity index is 1.66. The van der Waals surface area contributed by atoms with Crippen LogP contribution in [0.2, 0.25) is 0 Å². The first-order valence-electron chi connectivity index (χ1n) is 9.28. The molecule has 3 rings (SSSR count). The van der Waals surface area contributed by atoms with E-state index in [9.17, 15) is 13.2 Å². The van der Waals surface area contributed by atoms with Gasteiger partial charge in [0, 0.05) is 12.6 Å². The number of nitrogens with zero attached hydrogens (tertiary/aromatic N) is 1. The third-order valence-electron chi connectivity index (χ3n) is 4.80. The van der Waals surface area contributed by atoms with E-state index in [4.69, 9.17) is 4.74 Å². The van der Waals surface area contributed by atoms with Crippen LogP contribution in [0.3, 0.4) is 0 Å². The summed E-state index contributed by atoms with van der Waals surface area (Å²) in [5.41, 5.74) is 0.903. The summed E-state index contributed by atoms with van der Waals surface area (Å²) in [6.07, 6.45) is 1.83. The highest BCUT2D eigenvalue weighted by Gasteiger charge is 2.32. The second-order valence-electron chi connectivity index (χ2n) is 6.73. The summed E-state index contributed by atoms with van der Waals surface area (Å²) in [5, 5.41) is 0. The van der Waals surface area contributed by atoms with Gasteiger partial charge in [-0.25, -0.2) is 8.42 Å². The van der Waals surface area contributed by atoms with Crippen molar-refractivity contribution >= 4 is 15.7 Å². The Morgan fingerprint density at radius 2 is 1.81 bits per heavy atom. The number of benzene rings is 2. The molecule has 0 spiro atoms. The molecule has 1 fully saturated rings. The molecule has 1 heterocycles. The van der Waals surface area contributed by atoms with E-state index >= 15 is 0 Å². The molecular formula is C21H25NO4S. The number of ether oxygens (including phenoxy) is 1. The fourth-order valence-corrected chi connectivity index (χ4v) is 5.08. The number of hydrogen-bond donors (Lipinski definition) is 0. The molecule has 1 saturated heterocycles. The molecular weight excluding hydrogens is 362 g/mol. The summed E-state index contributed by atoms with van der Waals surface area (Å²) in [6.45, 7) is 3.14. The second-order valence-corrected chi connectivity index (χ2v) is 8.77. The number of carbonyl (C=O) groups excluding carboxylic acids is 1. The SMILES string of the molecule is CCOc1ccc(CC(=O)N2CCCC2CS(=O)(=O)c2ccccc2)cc1. The average Bonchev–Trinajstić information content (AvgIpc) is 3.12. The van der Waals surface area contributed by atoms with Crippen LogP contribution in [0.1, 0.15) is 25.3 Å². The molecule has 2 aromatic carbocycles. The fraction of sp³-hybridized carbons (Fsp3) is 0.381. The maximum Gasteiger partial charge on any atom is 0.227 e. The maximum absolute atomic E-state index is 12.8. The van der Waals surface area contributed by atoms with Gasteiger partial charge in [-0.3, -0.25) is 4.79 Å². The van der Waals surface area contributed by atoms with Crippen LogP contribution in [0.15, 0.2) is 59.5 Å². The van der Waals surface area contributed by atoms with Crippen LogP contribution in [-0.2, 0) is 21.1 Å². The van der Waals surface area contributed by atoms with E-state index in [1.807, 2.05) is 31.2 Å². The van der Waals surface area contributed by atoms with E-state index in [2.05, 4.69) is 0 Å². The van der Waals surface area contributed by atoms with Gasteiger partial charge in [0.2, 0.25) is 5.91 Å². The lowest BCUT2D eigenvalue weighted by atomic mass is 10.1. The molecule has 1 aliphatic heterocycles. The lowest BCUT2D eigenvalue weighted by molar-refractivity contribution is -0.130. The summed E-state index contributed by atoms with van der Waals surface area (Å²) in [4.78, 5) is 14.8. The number of carbonyl (C=O) groups is 1. The van der Waals surface area contributed by atoms with Gasteiger partial charge in [-0.05, 0) is 49.6 Å². The Labute approximate surface area is 160 Å². The first-order chi connectivity index (χ1) is 13.0. The lowest BCUT2D eigenvalue weighted by Crippen LogP contribution is -2.40. The number of amides is 1. The summed E-state index contributed by atoms with van der Waals surface area (Å²) >= 11 is 0. The summed E-state index contributed by atoms with van der Waals surface area (Å²) < 4.78 is 30.7. The minimum Gasteiger partial charge on any atom is -0.494 e. The normalized spacial score (nSPS) is 17.1. The monoisotopic (exact) mass is 387 g/mol. The van der Waals surface area contributed by atoms with Crippen molar-refractivity contribution in [2.75, 3.05) is 18.9 Å². The highest BCUT2D eigenvalue weighted by Crippen LogP contribution is 2.23. The molecule has 2 aromatic rings. The quantitative estimate of drug-likeness (QED) is 0.732. The number of likely N-dealkylation sites (tertiary alicyclic amines) is 1. The van der Waals surface area contributed by atoms with E-state index in [-0.39, 0.29) is 24.1 Å². The summed E-state index contributed by atoms with van der Waals surface area (Å²) in [6, 6.07) is 15.7. The molecule has 0 N–H and O–H groups in total. The third kappa shape index (κ3) is 4.89. The predicted molar refractivity (Wildman–Crippen MR) is 105 cm³/mol. The van der Waals surface area contributed by atoms with Crippen molar-refractivity contribution in [3.8, 4) is 5.75 Å². The fourth-order valence-electron chi connectivity index (χ4n) is 3.46. The van der Waals surface area contributed by atoms with E-state index in [1.54, 1.807) is 35.2 Å². The van der Waals surface area contributed by atoms with Gasteiger partial charge in [0.1, 0.15) is 5.75 Å². The molecule has 5 nitrogen and oxygen atoms in total. The highest BCUT2D eigenvalue weighted by molar-refractivity contribution is 7.91. The summed E-state index contributed by atoms with van der Waals surface area (Å²) in [5.74, 6) is 0.734. The third-order valence-corrected chi connectivity index (χ3v) is 6.62. The molecule has 1 atom stereocenters. The highest BCUT2D eigenvalue weighted by atomic mass is 32.2. The molecule has 1 aliphatic rings. The van der Waals surface area contributed by atoms with E-state index in [0.717, 1.165) is 24.2 Å². The van der Waals surface area contributed by atoms with E-state index in [0.29, 0.717) is 18.0 Å². The zero-order valence-corrected chi connectivity index (χ0v) is 16.3. The lowest BCUT2D eigenvalue weighted by Gasteiger charge is -2.25. The van der Waals surface area contributed by atoms with Crippen LogP contribution in [0.4, 0.5) is 0 Å². The van der Waals surface area contributed by atoms with Gasteiger partial charge in [0.15, 0.2) is 9.84 Å². The van der Waals surface area contributed by atoms with Gasteiger partial charge < -0.3 is 9.64 Å². The van der Waals surface area contributed by atoms with Gasteiger partial charge >= 0.3 is 0 Å². The molecule has 0 aromatic heterocycles. The molecule has 1 unspecified atom stereocenters. The minimum atomic E-state index is -3.41. The van der Waals surface area contributed by atoms with Crippen molar-refractivity contribution in [1.82, 2.24) is 4.90 Å². The second kappa shape index (κ2) is 8.57. The molecule has 0 radical (unpaired) electrons. The van der Waals surface area contributed by atoms with Gasteiger partial charge in [-0.1, -0.05) is 30.3 Å². The van der Waals surface area contributed by atoms with Crippen molar-refractivity contribution in [2.24, 2.45) is 0 Å². The molecule has 0 aliphatic carbocycles. The van der Waals surface area contributed by atoms with Crippen molar-refractivity contribution in [1.29, 1.82) is 0 Å². The van der Waals surface area contributed by atoms with Crippen LogP contribution in [-0.4, -0.2) is 44.2 Å². The van der Waals surface area contributed by atoms with Crippen molar-refractivity contribution in [3.63, 3.8) is 0 Å². The topological polar surface area (TPSA) is 63.7 Å². The van der Waals surface area contributed by atoms with Crippen LogP contribution in [0.25, 0.3) is 0 Å². The Hall–Kier alpha value is -2.34. The van der Waals surface area contributed by atoms with E-state index in [1.165, 1.54) is 0 Å². The van der Waals surface area contributed by atoms with Crippen LogP contribution in [0.5, 0.6) is 5.75 Å². The molecule has 0 saturated carbocycles. The Bertz CT molecular complexity index is 863. The molecule has 1 amide bonds. The van der Waals surface area contributed by atoms with Crippen molar-refractivity contribution in [3.05, 3.63) is 60.2 Å². The summed E-state index contributed by atoms with van der Waals surface area (Å²) in [7, 11) is -3.41. The van der Waals surface area contributed by atoms with Crippen LogP contribution < -0.4 is 4.74 Å². The Morgan fingerprint density at radius 1 is 1.11 bits per heavy atom. The minimum absolute atomic E-state index is 0.0218. The largest absolute Gasteiger partial charge is 0.494 e. The molecule has 144 valence electrons. The Morgan fingerprint density at radius 3 is 2.48 bits per heavy atom. The number of hydrogen-bond acceptors (Lipinski definition) is 4. The molecule has 0 bridgehead atoms. The van der Waals surface area contributed by atoms with Gasteiger partial charge in [-0.15, -0.1) is 0 Å². The molecule has 6 heteroatoms. The first-order valence-corrected chi connectivity index (χ1v) is 10.9. The zero-order chi connectivity index (χ0) is 19.3. The van der Waals surface area contributed by atoms with Gasteiger partial charge in [-0.2, -0.15) is 0 Å². The predicted octanol–water partition coefficient (Wildman–Crippen LogP) is 3.09. The van der Waals surface area contributed by atoms with Gasteiger partial charge in [0.25, 0.3) is 0 Å². The maximum atomic E-state index is 12.8. The van der Waals surface area contributed by atoms with Crippen molar-refractivity contribution < 1.29 is 17.9 Å². The first kappa shape index (κ1) is 19.4. The average molecular weight is 388 g/mol. The standard InChI is InChI=1S/C21H25NO4S/c1-2-26-19-12-10-17(11-13-19)15-21(23)22-14-6-7-18(22)16-27(24,25)20-8-4-3-5-9-20/h3-5,8-13,18H,2,6-7,14-16H2,1H3. The van der Waals surface area contributed by atoms with Crippen LogP contribution >= 0.6 is 0 Å². The number of rotatable bonds is 7. The van der Waals surface area contributed by atoms with E-state index < -0.39 is 9.84 Å². The molecule has 27 heavy (non-hydrogen) atoms. The smallest absolute Gasteiger partial charge is 0.227 e. The van der Waals surface area contributed by atoms with Crippen LogP contribution in [0, 0.1) is 0 Å². The Kier molecular flexibility index (Phi) is 6.16. The van der Waals surface area contributed by atoms with Crippen molar-refractivity contribution in [2.45, 2.75) is 37.1 Å². The van der Waals surface area contributed by atoms with Gasteiger partial charge in [0.05, 0.1) is 23.7 Å². The zero-order valence-electron chi connectivity index (χ0n) is 15.5. The number of sulfone groups is 1.